The van der Waals surface area contributed by atoms with Crippen LogP contribution in [0, 0.1) is 0 Å². The lowest BCUT2D eigenvalue weighted by Gasteiger charge is -2.07. The molecule has 4 rings (SSSR count). The standard InChI is InChI=1S/C17H11N5O3/c23-13-9-14(10-5-2-1-3-6-10)25-15-11(13)7-4-8-12(15)16(24)18-17-19-21-22-20-17/h1-9H,(H2,18,19,20,21,22,24). The third kappa shape index (κ3) is 2.76. The Hall–Kier alpha value is -3.81. The largest absolute Gasteiger partial charge is 0.455 e. The molecular weight excluding hydrogens is 322 g/mol. The molecule has 8 nitrogen and oxygen atoms in total. The molecule has 2 aromatic heterocycles. The summed E-state index contributed by atoms with van der Waals surface area (Å²) in [6.07, 6.45) is 0. The van der Waals surface area contributed by atoms with E-state index in [1.165, 1.54) is 6.07 Å². The SMILES string of the molecule is O=C(Nc1nn[nH]n1)c1cccc2c(=O)cc(-c3ccccc3)oc12. The number of para-hydroxylation sites is 1. The first-order valence-electron chi connectivity index (χ1n) is 7.39. The number of nitrogens with zero attached hydrogens (tertiary/aromatic N) is 3. The fourth-order valence-corrected chi connectivity index (χ4v) is 2.48. The van der Waals surface area contributed by atoms with Gasteiger partial charge in [0.2, 0.25) is 0 Å². The van der Waals surface area contributed by atoms with Crippen molar-refractivity contribution >= 4 is 22.8 Å². The second-order valence-electron chi connectivity index (χ2n) is 5.21. The van der Waals surface area contributed by atoms with Crippen LogP contribution in [0.15, 0.2) is 63.8 Å². The number of benzene rings is 2. The summed E-state index contributed by atoms with van der Waals surface area (Å²) < 4.78 is 5.88. The van der Waals surface area contributed by atoms with Crippen molar-refractivity contribution < 1.29 is 9.21 Å². The van der Waals surface area contributed by atoms with Gasteiger partial charge in [-0.25, -0.2) is 0 Å². The molecule has 0 fully saturated rings. The molecule has 2 N–H and O–H groups in total. The van der Waals surface area contributed by atoms with Crippen molar-refractivity contribution in [1.82, 2.24) is 20.6 Å². The minimum absolute atomic E-state index is 0.0311. The molecule has 4 aromatic rings. The molecule has 0 unspecified atom stereocenters. The molecule has 0 saturated carbocycles. The zero-order valence-electron chi connectivity index (χ0n) is 12.8. The Bertz CT molecular complexity index is 1100. The van der Waals surface area contributed by atoms with E-state index in [9.17, 15) is 9.59 Å². The summed E-state index contributed by atoms with van der Waals surface area (Å²) in [5, 5.41) is 15.8. The molecule has 2 aromatic carbocycles. The van der Waals surface area contributed by atoms with Crippen molar-refractivity contribution in [2.75, 3.05) is 5.32 Å². The van der Waals surface area contributed by atoms with Crippen LogP contribution in [0.5, 0.6) is 0 Å². The van der Waals surface area contributed by atoms with Crippen molar-refractivity contribution in [2.45, 2.75) is 0 Å². The van der Waals surface area contributed by atoms with Gasteiger partial charge in [-0.1, -0.05) is 41.5 Å². The van der Waals surface area contributed by atoms with Crippen LogP contribution in [0.1, 0.15) is 10.4 Å². The molecule has 0 spiro atoms. The Morgan fingerprint density at radius 2 is 1.92 bits per heavy atom. The van der Waals surface area contributed by atoms with Crippen LogP contribution in [0.3, 0.4) is 0 Å². The summed E-state index contributed by atoms with van der Waals surface area (Å²) in [6.45, 7) is 0. The maximum absolute atomic E-state index is 12.5. The topological polar surface area (TPSA) is 114 Å². The van der Waals surface area contributed by atoms with Crippen LogP contribution >= 0.6 is 0 Å². The number of hydrogen-bond acceptors (Lipinski definition) is 6. The number of amides is 1. The number of hydrogen-bond donors (Lipinski definition) is 2. The lowest BCUT2D eigenvalue weighted by atomic mass is 10.1. The van der Waals surface area contributed by atoms with E-state index < -0.39 is 5.91 Å². The number of tetrazole rings is 1. The van der Waals surface area contributed by atoms with Gasteiger partial charge in [-0.2, -0.15) is 5.21 Å². The molecule has 2 heterocycles. The van der Waals surface area contributed by atoms with Gasteiger partial charge in [0.05, 0.1) is 10.9 Å². The summed E-state index contributed by atoms with van der Waals surface area (Å²) in [5.41, 5.74) is 0.927. The summed E-state index contributed by atoms with van der Waals surface area (Å²) in [6, 6.07) is 15.4. The van der Waals surface area contributed by atoms with Crippen LogP contribution in [-0.4, -0.2) is 26.5 Å². The number of anilines is 1. The predicted molar refractivity (Wildman–Crippen MR) is 90.1 cm³/mol. The molecule has 0 atom stereocenters. The number of rotatable bonds is 3. The second kappa shape index (κ2) is 6.00. The first-order valence-corrected chi connectivity index (χ1v) is 7.39. The van der Waals surface area contributed by atoms with Crippen LogP contribution < -0.4 is 10.7 Å². The summed E-state index contributed by atoms with van der Waals surface area (Å²) in [7, 11) is 0. The summed E-state index contributed by atoms with van der Waals surface area (Å²) >= 11 is 0. The van der Waals surface area contributed by atoms with E-state index in [2.05, 4.69) is 25.9 Å². The number of fused-ring (bicyclic) bond motifs is 1. The minimum atomic E-state index is -0.500. The zero-order chi connectivity index (χ0) is 17.2. The normalized spacial score (nSPS) is 10.7. The molecule has 0 saturated heterocycles. The van der Waals surface area contributed by atoms with Crippen molar-refractivity contribution in [2.24, 2.45) is 0 Å². The van der Waals surface area contributed by atoms with E-state index in [-0.39, 0.29) is 22.5 Å². The molecular formula is C17H11N5O3. The number of aromatic nitrogens is 4. The summed E-state index contributed by atoms with van der Waals surface area (Å²) in [4.78, 5) is 24.9. The van der Waals surface area contributed by atoms with E-state index in [1.807, 2.05) is 30.3 Å². The van der Waals surface area contributed by atoms with E-state index in [0.717, 1.165) is 5.56 Å². The van der Waals surface area contributed by atoms with Gasteiger partial charge >= 0.3 is 0 Å². The first-order chi connectivity index (χ1) is 12.2. The minimum Gasteiger partial charge on any atom is -0.455 e. The third-order valence-electron chi connectivity index (χ3n) is 3.63. The fraction of sp³-hybridized carbons (Fsp3) is 0. The van der Waals surface area contributed by atoms with Crippen molar-refractivity contribution in [3.8, 4) is 11.3 Å². The lowest BCUT2D eigenvalue weighted by Crippen LogP contribution is -2.14. The number of H-pyrrole nitrogens is 1. The highest BCUT2D eigenvalue weighted by Crippen LogP contribution is 2.24. The van der Waals surface area contributed by atoms with Gasteiger partial charge in [0.15, 0.2) is 11.0 Å². The van der Waals surface area contributed by atoms with Crippen LogP contribution in [0.25, 0.3) is 22.3 Å². The van der Waals surface area contributed by atoms with Gasteiger partial charge < -0.3 is 4.42 Å². The number of carbonyl (C=O) groups excluding carboxylic acids is 1. The van der Waals surface area contributed by atoms with Crippen molar-refractivity contribution in [1.29, 1.82) is 0 Å². The molecule has 122 valence electrons. The highest BCUT2D eigenvalue weighted by atomic mass is 16.3. The average molecular weight is 333 g/mol. The van der Waals surface area contributed by atoms with Gasteiger partial charge in [0.25, 0.3) is 11.9 Å². The van der Waals surface area contributed by atoms with Gasteiger partial charge in [-0.05, 0) is 17.3 Å². The molecule has 0 aliphatic rings. The molecule has 0 aliphatic heterocycles. The Kier molecular flexibility index (Phi) is 3.55. The highest BCUT2D eigenvalue weighted by Gasteiger charge is 2.16. The molecule has 0 bridgehead atoms. The Morgan fingerprint density at radius 3 is 2.68 bits per heavy atom. The predicted octanol–water partition coefficient (Wildman–Crippen LogP) is 2.23. The Balaban J connectivity index is 1.86. The number of aromatic amines is 1. The van der Waals surface area contributed by atoms with Gasteiger partial charge in [0, 0.05) is 11.6 Å². The molecule has 1 amide bonds. The first kappa shape index (κ1) is 14.8. The third-order valence-corrected chi connectivity index (χ3v) is 3.63. The summed E-state index contributed by atoms with van der Waals surface area (Å²) in [5.74, 6) is -0.0816. The van der Waals surface area contributed by atoms with Gasteiger partial charge in [-0.3, -0.25) is 14.9 Å². The second-order valence-corrected chi connectivity index (χ2v) is 5.21. The van der Waals surface area contributed by atoms with Gasteiger partial charge in [-0.15, -0.1) is 5.10 Å². The Morgan fingerprint density at radius 1 is 1.08 bits per heavy atom. The van der Waals surface area contributed by atoms with E-state index in [0.29, 0.717) is 11.1 Å². The zero-order valence-corrected chi connectivity index (χ0v) is 12.8. The molecule has 8 heteroatoms. The average Bonchev–Trinajstić information content (AvgIpc) is 3.15. The van der Waals surface area contributed by atoms with Gasteiger partial charge in [0.1, 0.15) is 5.76 Å². The van der Waals surface area contributed by atoms with E-state index >= 15 is 0 Å². The molecule has 0 radical (unpaired) electrons. The number of nitrogens with one attached hydrogen (secondary N) is 2. The smallest absolute Gasteiger partial charge is 0.270 e. The maximum Gasteiger partial charge on any atom is 0.270 e. The van der Waals surface area contributed by atoms with E-state index in [4.69, 9.17) is 4.42 Å². The quantitative estimate of drug-likeness (QED) is 0.594. The van der Waals surface area contributed by atoms with E-state index in [1.54, 1.807) is 18.2 Å². The lowest BCUT2D eigenvalue weighted by molar-refractivity contribution is 0.102. The fourth-order valence-electron chi connectivity index (χ4n) is 2.48. The maximum atomic E-state index is 12.5. The van der Waals surface area contributed by atoms with Crippen LogP contribution in [-0.2, 0) is 0 Å². The Labute approximate surface area is 140 Å². The van der Waals surface area contributed by atoms with Crippen molar-refractivity contribution in [3.63, 3.8) is 0 Å². The van der Waals surface area contributed by atoms with Crippen LogP contribution in [0.4, 0.5) is 5.95 Å². The monoisotopic (exact) mass is 333 g/mol. The van der Waals surface area contributed by atoms with Crippen LogP contribution in [0.2, 0.25) is 0 Å². The molecule has 25 heavy (non-hydrogen) atoms. The number of carbonyl (C=O) groups is 1. The highest BCUT2D eigenvalue weighted by molar-refractivity contribution is 6.10. The molecule has 0 aliphatic carbocycles. The van der Waals surface area contributed by atoms with Crippen molar-refractivity contribution in [3.05, 3.63) is 70.4 Å².